The normalized spacial score (nSPS) is 15.0. The van der Waals surface area contributed by atoms with Crippen LogP contribution in [0.15, 0.2) is 70.6 Å². The number of rotatable bonds is 7. The van der Waals surface area contributed by atoms with Gasteiger partial charge < -0.3 is 14.3 Å². The highest BCUT2D eigenvalue weighted by atomic mass is 32.1. The van der Waals surface area contributed by atoms with Gasteiger partial charge in [-0.3, -0.25) is 14.2 Å². The molecule has 1 aliphatic heterocycles. The number of hydrogen-bond acceptors (Lipinski definition) is 7. The fourth-order valence-electron chi connectivity index (χ4n) is 6.27. The van der Waals surface area contributed by atoms with Crippen molar-refractivity contribution in [2.75, 3.05) is 19.0 Å². The maximum Gasteiger partial charge on any atom is 0.227 e. The molecule has 9 nitrogen and oxygen atoms in total. The van der Waals surface area contributed by atoms with E-state index in [2.05, 4.69) is 5.16 Å². The van der Waals surface area contributed by atoms with Crippen molar-refractivity contribution in [1.29, 1.82) is 0 Å². The summed E-state index contributed by atoms with van der Waals surface area (Å²) in [6.45, 7) is 3.75. The van der Waals surface area contributed by atoms with Crippen LogP contribution in [0, 0.1) is 25.5 Å². The molecule has 0 spiro atoms. The van der Waals surface area contributed by atoms with E-state index in [4.69, 9.17) is 14.5 Å². The second-order valence-electron chi connectivity index (χ2n) is 12.2. The number of aromatic nitrogens is 4. The van der Waals surface area contributed by atoms with Gasteiger partial charge in [-0.05, 0) is 62.1 Å². The van der Waals surface area contributed by atoms with Gasteiger partial charge in [-0.2, -0.15) is 0 Å². The molecule has 48 heavy (non-hydrogen) atoms. The lowest BCUT2D eigenvalue weighted by atomic mass is 9.99. The minimum absolute atomic E-state index is 0.0225. The number of benzene rings is 3. The van der Waals surface area contributed by atoms with E-state index in [1.54, 1.807) is 19.0 Å². The Kier molecular flexibility index (Phi) is 8.12. The van der Waals surface area contributed by atoms with Gasteiger partial charge in [0, 0.05) is 48.8 Å². The van der Waals surface area contributed by atoms with Crippen molar-refractivity contribution < 1.29 is 22.9 Å². The quantitative estimate of drug-likeness (QED) is 0.174. The predicted molar refractivity (Wildman–Crippen MR) is 180 cm³/mol. The number of aryl methyl sites for hydroxylation is 2. The van der Waals surface area contributed by atoms with Gasteiger partial charge in [0.1, 0.15) is 11.6 Å². The first-order valence-electron chi connectivity index (χ1n) is 15.6. The van der Waals surface area contributed by atoms with Gasteiger partial charge in [0.2, 0.25) is 11.8 Å². The standard InChI is InChI=1S/C36H32F2N6O3S/c1-20-34(21(2)47-41-20)24-12-15-30-28(17-24)39-35(31-6-5-7-32(45)43(31)25-13-14-26(37)27(38)18-25)44(30)36-40-29(19-48-36)23-10-8-22(9-11-23)16-33(46)42(3)4/h8-15,17-19,31H,5-7,16H2,1-4H3/t31-/m0/s1. The van der Waals surface area contributed by atoms with Crippen LogP contribution in [0.3, 0.4) is 0 Å². The Morgan fingerprint density at radius 2 is 1.77 bits per heavy atom. The van der Waals surface area contributed by atoms with E-state index in [1.165, 1.54) is 22.3 Å². The zero-order valence-corrected chi connectivity index (χ0v) is 27.6. The first kappa shape index (κ1) is 31.4. The Bertz CT molecular complexity index is 2170. The topological polar surface area (TPSA) is 97.4 Å². The summed E-state index contributed by atoms with van der Waals surface area (Å²) in [6.07, 6.45) is 1.77. The van der Waals surface area contributed by atoms with Crippen LogP contribution in [0.25, 0.3) is 38.5 Å². The molecule has 0 aliphatic carbocycles. The summed E-state index contributed by atoms with van der Waals surface area (Å²) in [6, 6.07) is 16.6. The minimum atomic E-state index is -1.02. The second kappa shape index (κ2) is 12.4. The van der Waals surface area contributed by atoms with Crippen molar-refractivity contribution in [3.05, 3.63) is 101 Å². The zero-order chi connectivity index (χ0) is 33.7. The molecule has 1 fully saturated rings. The molecule has 3 aromatic heterocycles. The molecule has 6 aromatic rings. The van der Waals surface area contributed by atoms with Crippen LogP contribution in [0.1, 0.15) is 48.1 Å². The average molecular weight is 667 g/mol. The van der Waals surface area contributed by atoms with Crippen molar-refractivity contribution in [2.45, 2.75) is 45.6 Å². The van der Waals surface area contributed by atoms with Crippen LogP contribution in [0.4, 0.5) is 14.5 Å². The van der Waals surface area contributed by atoms with E-state index >= 15 is 0 Å². The highest BCUT2D eigenvalue weighted by Crippen LogP contribution is 2.40. The highest BCUT2D eigenvalue weighted by molar-refractivity contribution is 7.12. The third kappa shape index (κ3) is 5.66. The number of carbonyl (C=O) groups excluding carboxylic acids is 2. The second-order valence-corrected chi connectivity index (χ2v) is 13.0. The molecular weight excluding hydrogens is 634 g/mol. The summed E-state index contributed by atoms with van der Waals surface area (Å²) < 4.78 is 35.8. The molecular formula is C36H32F2N6O3S. The molecule has 0 unspecified atom stereocenters. The van der Waals surface area contributed by atoms with Crippen molar-refractivity contribution in [1.82, 2.24) is 24.6 Å². The van der Waals surface area contributed by atoms with E-state index < -0.39 is 17.7 Å². The van der Waals surface area contributed by atoms with E-state index in [-0.39, 0.29) is 23.9 Å². The number of fused-ring (bicyclic) bond motifs is 1. The van der Waals surface area contributed by atoms with Crippen molar-refractivity contribution in [3.63, 3.8) is 0 Å². The van der Waals surface area contributed by atoms with Crippen molar-refractivity contribution in [2.24, 2.45) is 0 Å². The molecule has 4 heterocycles. The molecule has 1 atom stereocenters. The molecule has 0 N–H and O–H groups in total. The van der Waals surface area contributed by atoms with Gasteiger partial charge in [-0.15, -0.1) is 11.3 Å². The van der Waals surface area contributed by atoms with Crippen molar-refractivity contribution >= 4 is 39.9 Å². The van der Waals surface area contributed by atoms with Gasteiger partial charge in [0.05, 0.1) is 34.9 Å². The largest absolute Gasteiger partial charge is 0.361 e. The number of thiazole rings is 1. The summed E-state index contributed by atoms with van der Waals surface area (Å²) >= 11 is 1.44. The van der Waals surface area contributed by atoms with Gasteiger partial charge in [-0.25, -0.2) is 18.7 Å². The van der Waals surface area contributed by atoms with Gasteiger partial charge in [0.15, 0.2) is 16.8 Å². The number of piperidine rings is 1. The predicted octanol–water partition coefficient (Wildman–Crippen LogP) is 7.59. The molecule has 0 saturated carbocycles. The van der Waals surface area contributed by atoms with E-state index in [0.717, 1.165) is 51.3 Å². The highest BCUT2D eigenvalue weighted by Gasteiger charge is 2.35. The van der Waals surface area contributed by atoms with Crippen LogP contribution in [0.5, 0.6) is 0 Å². The molecule has 244 valence electrons. The number of halogens is 2. The first-order valence-corrected chi connectivity index (χ1v) is 16.4. The molecule has 12 heteroatoms. The lowest BCUT2D eigenvalue weighted by Crippen LogP contribution is -2.39. The van der Waals surface area contributed by atoms with Gasteiger partial charge >= 0.3 is 0 Å². The minimum Gasteiger partial charge on any atom is -0.361 e. The molecule has 7 rings (SSSR count). The van der Waals surface area contributed by atoms with Gasteiger partial charge in [0.25, 0.3) is 0 Å². The average Bonchev–Trinajstić information content (AvgIpc) is 3.79. The molecule has 0 bridgehead atoms. The SMILES string of the molecule is Cc1noc(C)c1-c1ccc2c(c1)nc([C@@H]1CCCC(=O)N1c1ccc(F)c(F)c1)n2-c1nc(-c2ccc(CC(=O)N(C)C)cc2)cs1. The third-order valence-electron chi connectivity index (χ3n) is 8.72. The summed E-state index contributed by atoms with van der Waals surface area (Å²) in [5.74, 6) is -0.919. The number of amides is 2. The Labute approximate surface area is 279 Å². The molecule has 0 radical (unpaired) electrons. The lowest BCUT2D eigenvalue weighted by Gasteiger charge is -2.35. The Hall–Kier alpha value is -5.23. The Morgan fingerprint density at radius 1 is 1.00 bits per heavy atom. The van der Waals surface area contributed by atoms with Crippen LogP contribution in [0.2, 0.25) is 0 Å². The fourth-order valence-corrected chi connectivity index (χ4v) is 7.13. The Balaban J connectivity index is 1.35. The number of carbonyl (C=O) groups is 2. The molecule has 1 saturated heterocycles. The number of anilines is 1. The Morgan fingerprint density at radius 3 is 2.48 bits per heavy atom. The molecule has 1 aliphatic rings. The third-order valence-corrected chi connectivity index (χ3v) is 9.54. The summed E-state index contributed by atoms with van der Waals surface area (Å²) in [7, 11) is 3.47. The fraction of sp³-hybridized carbons (Fsp3) is 0.250. The van der Waals surface area contributed by atoms with Crippen molar-refractivity contribution in [3.8, 4) is 27.5 Å². The van der Waals surface area contributed by atoms with E-state index in [1.807, 2.05) is 66.3 Å². The zero-order valence-electron chi connectivity index (χ0n) is 26.8. The summed E-state index contributed by atoms with van der Waals surface area (Å²) in [5, 5.41) is 6.71. The first-order chi connectivity index (χ1) is 23.1. The smallest absolute Gasteiger partial charge is 0.227 e. The van der Waals surface area contributed by atoms with Crippen LogP contribution in [-0.4, -0.2) is 50.5 Å². The monoisotopic (exact) mass is 666 g/mol. The summed E-state index contributed by atoms with van der Waals surface area (Å²) in [5.41, 5.74) is 6.81. The molecule has 2 amide bonds. The summed E-state index contributed by atoms with van der Waals surface area (Å²) in [4.78, 5) is 38.9. The molecule has 3 aromatic carbocycles. The van der Waals surface area contributed by atoms with Gasteiger partial charge in [-0.1, -0.05) is 35.5 Å². The van der Waals surface area contributed by atoms with Crippen LogP contribution >= 0.6 is 11.3 Å². The number of nitrogens with zero attached hydrogens (tertiary/aromatic N) is 6. The maximum atomic E-state index is 14.5. The number of likely N-dealkylation sites (N-methyl/N-ethyl adjacent to an activating group) is 1. The van der Waals surface area contributed by atoms with E-state index in [0.29, 0.717) is 41.5 Å². The van der Waals surface area contributed by atoms with Crippen LogP contribution in [-0.2, 0) is 16.0 Å². The number of hydrogen-bond donors (Lipinski definition) is 0. The lowest BCUT2D eigenvalue weighted by molar-refractivity contribution is -0.128. The van der Waals surface area contributed by atoms with E-state index in [9.17, 15) is 18.4 Å². The van der Waals surface area contributed by atoms with Crippen LogP contribution < -0.4 is 4.90 Å². The maximum absolute atomic E-state index is 14.5. The number of imidazole rings is 1.